The van der Waals surface area contributed by atoms with E-state index in [4.69, 9.17) is 29.2 Å². The quantitative estimate of drug-likeness (QED) is 0.257. The largest absolute Gasteiger partial charge is 0.488 e. The summed E-state index contributed by atoms with van der Waals surface area (Å²) in [5.74, 6) is 0.194. The van der Waals surface area contributed by atoms with Crippen molar-refractivity contribution in [2.45, 2.75) is 36.2 Å². The Bertz CT molecular complexity index is 1160. The first kappa shape index (κ1) is 24.9. The third-order valence-electron chi connectivity index (χ3n) is 4.79. The van der Waals surface area contributed by atoms with Gasteiger partial charge in [-0.1, -0.05) is 11.8 Å². The van der Waals surface area contributed by atoms with Crippen LogP contribution in [0.2, 0.25) is 0 Å². The van der Waals surface area contributed by atoms with Gasteiger partial charge >= 0.3 is 24.2 Å². The van der Waals surface area contributed by atoms with Gasteiger partial charge in [-0.2, -0.15) is 4.31 Å². The second kappa shape index (κ2) is 9.25. The third kappa shape index (κ3) is 4.77. The molecule has 0 saturated carbocycles. The van der Waals surface area contributed by atoms with E-state index in [2.05, 4.69) is 27.9 Å². The van der Waals surface area contributed by atoms with Crippen molar-refractivity contribution in [2.24, 2.45) is 0 Å². The summed E-state index contributed by atoms with van der Waals surface area (Å²) in [5.41, 5.74) is 6.76. The highest BCUT2D eigenvalue weighted by molar-refractivity contribution is 7.98. The van der Waals surface area contributed by atoms with Gasteiger partial charge in [0.15, 0.2) is 22.8 Å². The molecule has 0 bridgehead atoms. The van der Waals surface area contributed by atoms with Gasteiger partial charge in [0.25, 0.3) is 6.48 Å². The normalized spacial score (nSPS) is 40.1. The summed E-state index contributed by atoms with van der Waals surface area (Å²) in [6, 6.07) is 0. The van der Waals surface area contributed by atoms with Crippen LogP contribution in [0.5, 0.6) is 0 Å². The van der Waals surface area contributed by atoms with Gasteiger partial charge in [0, 0.05) is 7.11 Å². The van der Waals surface area contributed by atoms with Gasteiger partial charge in [0.05, 0.1) is 12.9 Å². The molecule has 0 radical (unpaired) electrons. The molecular formula is C13H18N5O12P3S. The Morgan fingerprint density at radius 2 is 1.91 bits per heavy atom. The van der Waals surface area contributed by atoms with Crippen LogP contribution in [0, 0.1) is 0 Å². The SMILES string of the molecule is COC1OC2C(COP3OP(=O)(O)OP(=O)(O)O3)OC(n3cnc4c(N)nc(SC)nc43)C2O1. The molecule has 21 heteroatoms. The van der Waals surface area contributed by atoms with E-state index in [1.54, 1.807) is 10.8 Å². The number of nitrogens with zero attached hydrogens (tertiary/aromatic N) is 4. The lowest BCUT2D eigenvalue weighted by atomic mass is 10.1. The van der Waals surface area contributed by atoms with Gasteiger partial charge in [0.2, 0.25) is 0 Å². The fourth-order valence-corrected chi connectivity index (χ4v) is 8.06. The number of thioether (sulfide) groups is 1. The molecule has 3 aliphatic rings. The topological polar surface area (TPSA) is 218 Å². The lowest BCUT2D eigenvalue weighted by Crippen LogP contribution is -2.31. The third-order valence-corrected chi connectivity index (χ3v) is 10.1. The summed E-state index contributed by atoms with van der Waals surface area (Å²) < 4.78 is 66.1. The molecule has 0 aliphatic carbocycles. The highest BCUT2D eigenvalue weighted by Crippen LogP contribution is 2.76. The monoisotopic (exact) mass is 561 g/mol. The van der Waals surface area contributed by atoms with Crippen LogP contribution in [-0.2, 0) is 45.5 Å². The molecule has 34 heavy (non-hydrogen) atoms. The molecule has 5 heterocycles. The molecule has 3 aliphatic heterocycles. The molecule has 7 atom stereocenters. The summed E-state index contributed by atoms with van der Waals surface area (Å²) in [6.45, 7) is -1.33. The van der Waals surface area contributed by atoms with Gasteiger partial charge in [-0.15, -0.1) is 0 Å². The van der Waals surface area contributed by atoms with E-state index in [1.165, 1.54) is 25.2 Å². The first-order chi connectivity index (χ1) is 16.1. The Balaban J connectivity index is 1.39. The van der Waals surface area contributed by atoms with Crippen LogP contribution in [0.15, 0.2) is 11.5 Å². The van der Waals surface area contributed by atoms with Crippen LogP contribution < -0.4 is 5.73 Å². The Morgan fingerprint density at radius 3 is 2.59 bits per heavy atom. The zero-order valence-corrected chi connectivity index (χ0v) is 20.8. The van der Waals surface area contributed by atoms with Crippen molar-refractivity contribution in [3.05, 3.63) is 6.33 Å². The molecule has 17 nitrogen and oxygen atoms in total. The predicted molar refractivity (Wildman–Crippen MR) is 112 cm³/mol. The minimum Gasteiger partial charge on any atom is -0.382 e. The van der Waals surface area contributed by atoms with Crippen LogP contribution in [0.3, 0.4) is 0 Å². The average Bonchev–Trinajstić information content (AvgIpc) is 3.43. The molecule has 3 fully saturated rings. The zero-order chi connectivity index (χ0) is 24.3. The molecule has 3 saturated heterocycles. The number of aromatic nitrogens is 4. The Hall–Kier alpha value is -0.810. The van der Waals surface area contributed by atoms with Gasteiger partial charge in [-0.25, -0.2) is 32.7 Å². The maximum absolute atomic E-state index is 11.6. The molecule has 188 valence electrons. The highest BCUT2D eigenvalue weighted by atomic mass is 32.2. The Morgan fingerprint density at radius 1 is 1.21 bits per heavy atom. The smallest absolute Gasteiger partial charge is 0.382 e. The van der Waals surface area contributed by atoms with Crippen molar-refractivity contribution >= 4 is 53.0 Å². The van der Waals surface area contributed by atoms with Crippen molar-refractivity contribution in [3.8, 4) is 0 Å². The number of phosphoric acid groups is 2. The van der Waals surface area contributed by atoms with Crippen molar-refractivity contribution in [1.82, 2.24) is 19.5 Å². The van der Waals surface area contributed by atoms with Crippen molar-refractivity contribution < 1.29 is 55.3 Å². The van der Waals surface area contributed by atoms with Gasteiger partial charge < -0.3 is 39.0 Å². The molecule has 4 N–H and O–H groups in total. The zero-order valence-electron chi connectivity index (χ0n) is 17.3. The maximum Gasteiger partial charge on any atom is 0.488 e. The fourth-order valence-electron chi connectivity index (χ4n) is 3.50. The lowest BCUT2D eigenvalue weighted by Gasteiger charge is -2.27. The minimum absolute atomic E-state index is 0.194. The number of ether oxygens (including phenoxy) is 4. The van der Waals surface area contributed by atoms with Crippen LogP contribution in [-0.4, -0.2) is 74.1 Å². The van der Waals surface area contributed by atoms with E-state index < -0.39 is 55.3 Å². The van der Waals surface area contributed by atoms with Gasteiger partial charge in [-0.05, 0) is 6.26 Å². The van der Waals surface area contributed by atoms with Crippen molar-refractivity contribution in [1.29, 1.82) is 0 Å². The van der Waals surface area contributed by atoms with Crippen molar-refractivity contribution in [3.63, 3.8) is 0 Å². The van der Waals surface area contributed by atoms with Crippen LogP contribution in [0.1, 0.15) is 6.23 Å². The second-order valence-electron chi connectivity index (χ2n) is 6.91. The fraction of sp³-hybridized carbons (Fsp3) is 0.615. The minimum atomic E-state index is -4.85. The average molecular weight is 561 g/mol. The molecule has 2 aromatic heterocycles. The first-order valence-corrected chi connectivity index (χ1v) is 14.6. The molecule has 5 rings (SSSR count). The van der Waals surface area contributed by atoms with E-state index in [1.807, 2.05) is 0 Å². The van der Waals surface area contributed by atoms with Crippen LogP contribution in [0.4, 0.5) is 5.82 Å². The molecular weight excluding hydrogens is 543 g/mol. The summed E-state index contributed by atoms with van der Waals surface area (Å²) in [4.78, 5) is 31.7. The lowest BCUT2D eigenvalue weighted by molar-refractivity contribution is -0.256. The van der Waals surface area contributed by atoms with E-state index in [9.17, 15) is 18.9 Å². The number of imidazole rings is 1. The number of nitrogen functional groups attached to an aromatic ring is 1. The summed E-state index contributed by atoms with van der Waals surface area (Å²) >= 11 is 1.30. The van der Waals surface area contributed by atoms with Gasteiger partial charge in [0.1, 0.15) is 23.8 Å². The number of hydrogen-bond donors (Lipinski definition) is 3. The number of rotatable bonds is 6. The summed E-state index contributed by atoms with van der Waals surface area (Å²) in [6.07, 6.45) is 0.164. The number of anilines is 1. The summed E-state index contributed by atoms with van der Waals surface area (Å²) in [7, 11) is -11.0. The number of hydrogen-bond acceptors (Lipinski definition) is 15. The van der Waals surface area contributed by atoms with Crippen molar-refractivity contribution in [2.75, 3.05) is 25.7 Å². The Kier molecular flexibility index (Phi) is 6.76. The van der Waals surface area contributed by atoms with E-state index in [0.29, 0.717) is 16.3 Å². The molecule has 2 aromatic rings. The molecule has 0 spiro atoms. The standard InChI is InChI=1S/C13H18N5O12P3S/c1-23-13-26-7-5(3-24-31-28-32(19,20)30-33(21,22)29-31)25-11(8(7)27-13)18-4-15-6-9(14)16-12(34-2)17-10(6)18/h4-5,7-8,11,13H,3H2,1-2H3,(H,19,20)(H,21,22)(H2,14,16,17). The second-order valence-corrected chi connectivity index (χ2v) is 12.2. The molecule has 0 amide bonds. The van der Waals surface area contributed by atoms with Crippen LogP contribution in [0.25, 0.3) is 11.2 Å². The van der Waals surface area contributed by atoms with E-state index >= 15 is 0 Å². The number of nitrogens with two attached hydrogens (primary N) is 1. The highest BCUT2D eigenvalue weighted by Gasteiger charge is 2.55. The van der Waals surface area contributed by atoms with E-state index in [0.717, 1.165) is 0 Å². The maximum atomic E-state index is 11.6. The number of methoxy groups -OCH3 is 1. The summed E-state index contributed by atoms with van der Waals surface area (Å²) in [5, 5.41) is 0.429. The number of fused-ring (bicyclic) bond motifs is 2. The van der Waals surface area contributed by atoms with Crippen LogP contribution >= 0.6 is 36.0 Å². The molecule has 7 unspecified atom stereocenters. The Labute approximate surface area is 196 Å². The van der Waals surface area contributed by atoms with E-state index in [-0.39, 0.29) is 12.4 Å². The first-order valence-electron chi connectivity index (χ1n) is 9.32. The molecule has 0 aromatic carbocycles. The predicted octanol–water partition coefficient (Wildman–Crippen LogP) is 1.25. The van der Waals surface area contributed by atoms with Gasteiger partial charge in [-0.3, -0.25) is 4.57 Å².